The molecule has 0 saturated carbocycles. The van der Waals surface area contributed by atoms with E-state index in [2.05, 4.69) is 20.4 Å². The van der Waals surface area contributed by atoms with Crippen molar-refractivity contribution in [2.24, 2.45) is 0 Å². The van der Waals surface area contributed by atoms with Crippen molar-refractivity contribution in [3.63, 3.8) is 0 Å². The van der Waals surface area contributed by atoms with Gasteiger partial charge in [-0.25, -0.2) is 4.68 Å². The fourth-order valence-corrected chi connectivity index (χ4v) is 1.88. The molecule has 0 spiro atoms. The molecule has 0 aliphatic heterocycles. The van der Waals surface area contributed by atoms with Gasteiger partial charge in [-0.2, -0.15) is 8.78 Å². The lowest BCUT2D eigenvalue weighted by Crippen LogP contribution is -2.38. The first-order chi connectivity index (χ1) is 11.3. The molecule has 10 heteroatoms. The van der Waals surface area contributed by atoms with Crippen molar-refractivity contribution in [1.29, 1.82) is 0 Å². The number of halogens is 2. The lowest BCUT2D eigenvalue weighted by atomic mass is 10.2. The number of carbonyl (C=O) groups excluding carboxylic acids is 1. The summed E-state index contributed by atoms with van der Waals surface area (Å²) in [4.78, 5) is 22.8. The van der Waals surface area contributed by atoms with Crippen LogP contribution in [0.2, 0.25) is 0 Å². The molecule has 2 rings (SSSR count). The Morgan fingerprint density at radius 1 is 1.29 bits per heavy atom. The molecular formula is C14H14F2N4O4. The van der Waals surface area contributed by atoms with Gasteiger partial charge in [0.15, 0.2) is 5.69 Å². The number of carbonyl (C=O) groups is 2. The highest BCUT2D eigenvalue weighted by Crippen LogP contribution is 2.18. The number of ether oxygens (including phenoxy) is 1. The number of hydrogen-bond donors (Lipinski definition) is 2. The summed E-state index contributed by atoms with van der Waals surface area (Å²) in [6.45, 7) is -0.0264. The zero-order chi connectivity index (χ0) is 17.9. The van der Waals surface area contributed by atoms with E-state index in [4.69, 9.17) is 5.11 Å². The number of rotatable bonds is 6. The van der Waals surface area contributed by atoms with Crippen LogP contribution in [-0.2, 0) is 4.79 Å². The van der Waals surface area contributed by atoms with Crippen LogP contribution in [0.4, 0.5) is 8.78 Å². The summed E-state index contributed by atoms with van der Waals surface area (Å²) >= 11 is 0. The molecule has 2 N–H and O–H groups in total. The first-order valence-electron chi connectivity index (χ1n) is 6.81. The smallest absolute Gasteiger partial charge is 0.387 e. The summed E-state index contributed by atoms with van der Waals surface area (Å²) in [5.41, 5.74) is 0.815. The van der Waals surface area contributed by atoms with Crippen LogP contribution in [0.25, 0.3) is 5.69 Å². The predicted molar refractivity (Wildman–Crippen MR) is 77.3 cm³/mol. The van der Waals surface area contributed by atoms with Gasteiger partial charge in [0.1, 0.15) is 11.8 Å². The number of aromatic nitrogens is 3. The fourth-order valence-electron chi connectivity index (χ4n) is 1.88. The van der Waals surface area contributed by atoms with Gasteiger partial charge in [0.05, 0.1) is 11.4 Å². The molecule has 0 bridgehead atoms. The highest BCUT2D eigenvalue weighted by Gasteiger charge is 2.21. The average molecular weight is 340 g/mol. The molecule has 0 fully saturated rings. The van der Waals surface area contributed by atoms with E-state index < -0.39 is 24.5 Å². The predicted octanol–water partition coefficient (Wildman–Crippen LogP) is 1.38. The normalized spacial score (nSPS) is 12.0. The van der Waals surface area contributed by atoms with Crippen LogP contribution in [0.3, 0.4) is 0 Å². The Hall–Kier alpha value is -3.04. The quantitative estimate of drug-likeness (QED) is 0.823. The third kappa shape index (κ3) is 3.83. The van der Waals surface area contributed by atoms with Crippen molar-refractivity contribution in [2.45, 2.75) is 26.5 Å². The molecule has 2 aromatic rings. The highest BCUT2D eigenvalue weighted by atomic mass is 19.3. The Balaban J connectivity index is 2.20. The van der Waals surface area contributed by atoms with E-state index in [-0.39, 0.29) is 11.4 Å². The van der Waals surface area contributed by atoms with Gasteiger partial charge < -0.3 is 15.2 Å². The summed E-state index contributed by atoms with van der Waals surface area (Å²) in [7, 11) is 0. The van der Waals surface area contributed by atoms with Gasteiger partial charge in [0.25, 0.3) is 5.91 Å². The van der Waals surface area contributed by atoms with Gasteiger partial charge in [-0.3, -0.25) is 9.59 Å². The molecule has 128 valence electrons. The Morgan fingerprint density at radius 2 is 1.92 bits per heavy atom. The number of aliphatic carboxylic acids is 1. The number of carboxylic acids is 1. The van der Waals surface area contributed by atoms with Crippen LogP contribution < -0.4 is 10.1 Å². The summed E-state index contributed by atoms with van der Waals surface area (Å²) in [5, 5.41) is 18.6. The molecule has 0 radical (unpaired) electrons. The Bertz CT molecular complexity index is 746. The van der Waals surface area contributed by atoms with Crippen LogP contribution in [0, 0.1) is 6.92 Å². The van der Waals surface area contributed by atoms with E-state index in [0.29, 0.717) is 11.4 Å². The second kappa shape index (κ2) is 7.02. The van der Waals surface area contributed by atoms with Gasteiger partial charge in [0, 0.05) is 0 Å². The number of nitrogens with zero attached hydrogens (tertiary/aromatic N) is 3. The minimum Gasteiger partial charge on any atom is -0.480 e. The summed E-state index contributed by atoms with van der Waals surface area (Å²) < 4.78 is 29.8. The van der Waals surface area contributed by atoms with Gasteiger partial charge in [-0.05, 0) is 38.1 Å². The molecule has 1 atom stereocenters. The zero-order valence-electron chi connectivity index (χ0n) is 12.7. The van der Waals surface area contributed by atoms with Gasteiger partial charge in [-0.15, -0.1) is 5.10 Å². The Morgan fingerprint density at radius 3 is 2.46 bits per heavy atom. The first-order valence-corrected chi connectivity index (χ1v) is 6.81. The van der Waals surface area contributed by atoms with Crippen molar-refractivity contribution in [3.8, 4) is 11.4 Å². The summed E-state index contributed by atoms with van der Waals surface area (Å²) in [6, 6.07) is 4.53. The fraction of sp³-hybridized carbons (Fsp3) is 0.286. The third-order valence-corrected chi connectivity index (χ3v) is 3.13. The van der Waals surface area contributed by atoms with Crippen LogP contribution in [0.5, 0.6) is 5.75 Å². The van der Waals surface area contributed by atoms with E-state index in [1.165, 1.54) is 35.9 Å². The lowest BCUT2D eigenvalue weighted by molar-refractivity contribution is -0.138. The third-order valence-electron chi connectivity index (χ3n) is 3.13. The van der Waals surface area contributed by atoms with Crippen LogP contribution in [0.1, 0.15) is 23.1 Å². The van der Waals surface area contributed by atoms with Crippen molar-refractivity contribution in [2.75, 3.05) is 0 Å². The molecule has 1 aromatic heterocycles. The van der Waals surface area contributed by atoms with E-state index in [0.717, 1.165) is 0 Å². The lowest BCUT2D eigenvalue weighted by Gasteiger charge is -2.08. The molecule has 1 heterocycles. The van der Waals surface area contributed by atoms with Crippen molar-refractivity contribution >= 4 is 11.9 Å². The number of hydrogen-bond acceptors (Lipinski definition) is 5. The summed E-state index contributed by atoms with van der Waals surface area (Å²) in [5.74, 6) is -1.87. The number of amides is 1. The topological polar surface area (TPSA) is 106 Å². The largest absolute Gasteiger partial charge is 0.480 e. The number of alkyl halides is 2. The number of carboxylic acid groups (broad SMARTS) is 1. The van der Waals surface area contributed by atoms with E-state index in [9.17, 15) is 18.4 Å². The highest BCUT2D eigenvalue weighted by molar-refractivity contribution is 5.95. The van der Waals surface area contributed by atoms with Crippen LogP contribution in [-0.4, -0.2) is 44.6 Å². The van der Waals surface area contributed by atoms with Crippen molar-refractivity contribution < 1.29 is 28.2 Å². The molecule has 8 nitrogen and oxygen atoms in total. The Kier molecular flexibility index (Phi) is 5.07. The molecule has 0 aliphatic rings. The van der Waals surface area contributed by atoms with Crippen molar-refractivity contribution in [1.82, 2.24) is 20.3 Å². The van der Waals surface area contributed by atoms with Gasteiger partial charge in [-0.1, -0.05) is 5.21 Å². The molecule has 0 unspecified atom stereocenters. The molecule has 1 aromatic carbocycles. The first kappa shape index (κ1) is 17.3. The number of benzene rings is 1. The van der Waals surface area contributed by atoms with Crippen molar-refractivity contribution in [3.05, 3.63) is 35.7 Å². The summed E-state index contributed by atoms with van der Waals surface area (Å²) in [6.07, 6.45) is 0. The SMILES string of the molecule is Cc1c(C(=O)N[C@H](C)C(=O)O)nnn1-c1ccc(OC(F)F)cc1. The number of nitrogens with one attached hydrogen (secondary N) is 1. The maximum Gasteiger partial charge on any atom is 0.387 e. The molecule has 1 amide bonds. The van der Waals surface area contributed by atoms with Gasteiger partial charge in [0.2, 0.25) is 0 Å². The maximum atomic E-state index is 12.1. The van der Waals surface area contributed by atoms with E-state index in [1.807, 2.05) is 0 Å². The maximum absolute atomic E-state index is 12.1. The molecule has 24 heavy (non-hydrogen) atoms. The second-order valence-electron chi connectivity index (χ2n) is 4.84. The molecule has 0 saturated heterocycles. The van der Waals surface area contributed by atoms with E-state index in [1.54, 1.807) is 6.92 Å². The minimum absolute atomic E-state index is 0.0141. The minimum atomic E-state index is -2.92. The average Bonchev–Trinajstić information content (AvgIpc) is 2.89. The van der Waals surface area contributed by atoms with Crippen LogP contribution >= 0.6 is 0 Å². The standard InChI is InChI=1S/C14H14F2N4O4/c1-7(13(22)23)17-12(21)11-8(2)20(19-18-11)9-3-5-10(6-4-9)24-14(15)16/h3-7,14H,1-2H3,(H,17,21)(H,22,23)/t7-/m1/s1. The Labute approximate surface area is 135 Å². The second-order valence-corrected chi connectivity index (χ2v) is 4.84. The monoisotopic (exact) mass is 340 g/mol. The molecular weight excluding hydrogens is 326 g/mol. The van der Waals surface area contributed by atoms with E-state index >= 15 is 0 Å². The van der Waals surface area contributed by atoms with Gasteiger partial charge >= 0.3 is 12.6 Å². The zero-order valence-corrected chi connectivity index (χ0v) is 12.7. The van der Waals surface area contributed by atoms with Crippen LogP contribution in [0.15, 0.2) is 24.3 Å². The molecule has 0 aliphatic carbocycles.